The van der Waals surface area contributed by atoms with E-state index in [4.69, 9.17) is 4.74 Å². The molecule has 1 amide bonds. The Morgan fingerprint density at radius 1 is 1.28 bits per heavy atom. The van der Waals surface area contributed by atoms with E-state index in [-0.39, 0.29) is 18.1 Å². The highest BCUT2D eigenvalue weighted by atomic mass is 16.5. The molecule has 1 saturated heterocycles. The highest BCUT2D eigenvalue weighted by Crippen LogP contribution is 2.18. The van der Waals surface area contributed by atoms with Gasteiger partial charge in [0, 0.05) is 19.5 Å². The van der Waals surface area contributed by atoms with Crippen molar-refractivity contribution in [2.24, 2.45) is 0 Å². The standard InChI is InChI=1S/C14H17NO3/c1-18-13-5-3-2-4-11(13)6-8-15-9-7-12(16)10-14(15)17/h2-5H,6-10H2,1H3. The summed E-state index contributed by atoms with van der Waals surface area (Å²) < 4.78 is 5.27. The van der Waals surface area contributed by atoms with Crippen molar-refractivity contribution in [2.75, 3.05) is 20.2 Å². The Labute approximate surface area is 107 Å². The van der Waals surface area contributed by atoms with E-state index in [0.29, 0.717) is 19.5 Å². The van der Waals surface area contributed by atoms with Gasteiger partial charge >= 0.3 is 0 Å². The van der Waals surface area contributed by atoms with Crippen molar-refractivity contribution in [1.29, 1.82) is 0 Å². The number of carbonyl (C=O) groups is 2. The number of piperidine rings is 1. The summed E-state index contributed by atoms with van der Waals surface area (Å²) in [4.78, 5) is 24.5. The quantitative estimate of drug-likeness (QED) is 0.756. The number of methoxy groups -OCH3 is 1. The molecule has 18 heavy (non-hydrogen) atoms. The highest BCUT2D eigenvalue weighted by Gasteiger charge is 2.23. The second-order valence-electron chi connectivity index (χ2n) is 4.41. The summed E-state index contributed by atoms with van der Waals surface area (Å²) >= 11 is 0. The maximum Gasteiger partial charge on any atom is 0.230 e. The van der Waals surface area contributed by atoms with E-state index in [2.05, 4.69) is 0 Å². The summed E-state index contributed by atoms with van der Waals surface area (Å²) in [5, 5.41) is 0. The number of ketones is 1. The second-order valence-corrected chi connectivity index (χ2v) is 4.41. The third-order valence-corrected chi connectivity index (χ3v) is 3.21. The smallest absolute Gasteiger partial charge is 0.230 e. The van der Waals surface area contributed by atoms with E-state index in [1.807, 2.05) is 24.3 Å². The Morgan fingerprint density at radius 3 is 2.78 bits per heavy atom. The normalized spacial score (nSPS) is 15.9. The summed E-state index contributed by atoms with van der Waals surface area (Å²) in [7, 11) is 1.64. The summed E-state index contributed by atoms with van der Waals surface area (Å²) in [5.74, 6) is 0.840. The average molecular weight is 247 g/mol. The minimum atomic E-state index is -0.0545. The Kier molecular flexibility index (Phi) is 3.97. The molecule has 0 aliphatic carbocycles. The summed E-state index contributed by atoms with van der Waals surface area (Å²) in [6, 6.07) is 7.79. The second kappa shape index (κ2) is 5.67. The molecule has 1 aliphatic rings. The van der Waals surface area contributed by atoms with Gasteiger partial charge in [-0.2, -0.15) is 0 Å². The fourth-order valence-corrected chi connectivity index (χ4v) is 2.15. The molecule has 1 aromatic rings. The Balaban J connectivity index is 1.95. The molecule has 1 aliphatic heterocycles. The SMILES string of the molecule is COc1ccccc1CCN1CCC(=O)CC1=O. The molecule has 0 saturated carbocycles. The van der Waals surface area contributed by atoms with Crippen LogP contribution in [0.2, 0.25) is 0 Å². The van der Waals surface area contributed by atoms with Crippen molar-refractivity contribution in [2.45, 2.75) is 19.3 Å². The minimum Gasteiger partial charge on any atom is -0.496 e. The van der Waals surface area contributed by atoms with Gasteiger partial charge in [0.05, 0.1) is 13.5 Å². The van der Waals surface area contributed by atoms with E-state index < -0.39 is 0 Å². The van der Waals surface area contributed by atoms with Crippen molar-refractivity contribution < 1.29 is 14.3 Å². The van der Waals surface area contributed by atoms with E-state index in [9.17, 15) is 9.59 Å². The van der Waals surface area contributed by atoms with Gasteiger partial charge in [0.25, 0.3) is 0 Å². The van der Waals surface area contributed by atoms with Crippen LogP contribution in [0.4, 0.5) is 0 Å². The number of carbonyl (C=O) groups excluding carboxylic acids is 2. The van der Waals surface area contributed by atoms with Crippen LogP contribution in [0.25, 0.3) is 0 Å². The Bertz CT molecular complexity index is 456. The van der Waals surface area contributed by atoms with E-state index in [1.165, 1.54) is 0 Å². The van der Waals surface area contributed by atoms with Gasteiger partial charge in [-0.1, -0.05) is 18.2 Å². The Hall–Kier alpha value is -1.84. The van der Waals surface area contributed by atoms with Gasteiger partial charge in [-0.05, 0) is 18.1 Å². The predicted molar refractivity (Wildman–Crippen MR) is 67.5 cm³/mol. The first kappa shape index (κ1) is 12.6. The van der Waals surface area contributed by atoms with Gasteiger partial charge in [0.1, 0.15) is 11.5 Å². The average Bonchev–Trinajstić information content (AvgIpc) is 2.38. The number of hydrogen-bond donors (Lipinski definition) is 0. The third-order valence-electron chi connectivity index (χ3n) is 3.21. The molecule has 1 aromatic carbocycles. The van der Waals surface area contributed by atoms with Gasteiger partial charge < -0.3 is 9.64 Å². The number of nitrogens with zero attached hydrogens (tertiary/aromatic N) is 1. The molecule has 0 unspecified atom stereocenters. The number of amides is 1. The maximum atomic E-state index is 11.7. The van der Waals surface area contributed by atoms with Crippen molar-refractivity contribution in [3.63, 3.8) is 0 Å². The summed E-state index contributed by atoms with van der Waals surface area (Å²) in [5.41, 5.74) is 1.09. The number of rotatable bonds is 4. The molecule has 0 bridgehead atoms. The van der Waals surface area contributed by atoms with Crippen molar-refractivity contribution >= 4 is 11.7 Å². The van der Waals surface area contributed by atoms with Crippen LogP contribution in [0, 0.1) is 0 Å². The van der Waals surface area contributed by atoms with Gasteiger partial charge in [-0.25, -0.2) is 0 Å². The fourth-order valence-electron chi connectivity index (χ4n) is 2.15. The van der Waals surface area contributed by atoms with Gasteiger partial charge in [-0.15, -0.1) is 0 Å². The highest BCUT2D eigenvalue weighted by molar-refractivity contribution is 6.00. The first-order valence-electron chi connectivity index (χ1n) is 6.12. The zero-order valence-corrected chi connectivity index (χ0v) is 10.5. The molecule has 0 atom stereocenters. The number of hydrogen-bond acceptors (Lipinski definition) is 3. The molecule has 4 nitrogen and oxygen atoms in total. The van der Waals surface area contributed by atoms with Crippen LogP contribution < -0.4 is 4.74 Å². The van der Waals surface area contributed by atoms with Crippen molar-refractivity contribution in [1.82, 2.24) is 4.90 Å². The fraction of sp³-hybridized carbons (Fsp3) is 0.429. The van der Waals surface area contributed by atoms with Crippen LogP contribution in [0.1, 0.15) is 18.4 Å². The number of para-hydroxylation sites is 1. The first-order valence-corrected chi connectivity index (χ1v) is 6.12. The van der Waals surface area contributed by atoms with Crippen LogP contribution >= 0.6 is 0 Å². The maximum absolute atomic E-state index is 11.7. The number of benzene rings is 1. The van der Waals surface area contributed by atoms with Crippen LogP contribution in [-0.4, -0.2) is 36.8 Å². The lowest BCUT2D eigenvalue weighted by Gasteiger charge is -2.26. The molecule has 4 heteroatoms. The lowest BCUT2D eigenvalue weighted by atomic mass is 10.1. The van der Waals surface area contributed by atoms with E-state index >= 15 is 0 Å². The molecule has 0 spiro atoms. The molecule has 96 valence electrons. The first-order chi connectivity index (χ1) is 8.70. The topological polar surface area (TPSA) is 46.6 Å². The Morgan fingerprint density at radius 2 is 2.06 bits per heavy atom. The van der Waals surface area contributed by atoms with Crippen LogP contribution in [0.3, 0.4) is 0 Å². The number of likely N-dealkylation sites (tertiary alicyclic amines) is 1. The van der Waals surface area contributed by atoms with Gasteiger partial charge in [-0.3, -0.25) is 9.59 Å². The monoisotopic (exact) mass is 247 g/mol. The van der Waals surface area contributed by atoms with Crippen LogP contribution in [0.5, 0.6) is 5.75 Å². The van der Waals surface area contributed by atoms with Gasteiger partial charge in [0.2, 0.25) is 5.91 Å². The lowest BCUT2D eigenvalue weighted by Crippen LogP contribution is -2.40. The third kappa shape index (κ3) is 2.88. The molecule has 1 heterocycles. The molecular weight excluding hydrogens is 230 g/mol. The molecule has 0 N–H and O–H groups in total. The van der Waals surface area contributed by atoms with E-state index in [0.717, 1.165) is 17.7 Å². The van der Waals surface area contributed by atoms with Crippen molar-refractivity contribution in [3.8, 4) is 5.75 Å². The van der Waals surface area contributed by atoms with Crippen LogP contribution in [-0.2, 0) is 16.0 Å². The van der Waals surface area contributed by atoms with Gasteiger partial charge in [0.15, 0.2) is 0 Å². The zero-order valence-electron chi connectivity index (χ0n) is 10.5. The van der Waals surface area contributed by atoms with E-state index in [1.54, 1.807) is 12.0 Å². The number of Topliss-reactive ketones (excluding diaryl/α,β-unsaturated/α-hetero) is 1. The van der Waals surface area contributed by atoms with Crippen LogP contribution in [0.15, 0.2) is 24.3 Å². The van der Waals surface area contributed by atoms with Crippen molar-refractivity contribution in [3.05, 3.63) is 29.8 Å². The molecule has 1 fully saturated rings. The predicted octanol–water partition coefficient (Wildman–Crippen LogP) is 1.43. The number of ether oxygens (including phenoxy) is 1. The summed E-state index contributed by atoms with van der Waals surface area (Å²) in [6.45, 7) is 1.19. The zero-order chi connectivity index (χ0) is 13.0. The molecule has 0 aromatic heterocycles. The summed E-state index contributed by atoms with van der Waals surface area (Å²) in [6.07, 6.45) is 1.30. The largest absolute Gasteiger partial charge is 0.496 e. The molecule has 2 rings (SSSR count). The lowest BCUT2D eigenvalue weighted by molar-refractivity contribution is -0.139. The molecule has 0 radical (unpaired) electrons. The molecular formula is C14H17NO3. The minimum absolute atomic E-state index is 0.0496.